The zero-order valence-electron chi connectivity index (χ0n) is 5.63. The number of alkyl halides is 1. The summed E-state index contributed by atoms with van der Waals surface area (Å²) in [7, 11) is 0. The van der Waals surface area contributed by atoms with Crippen molar-refractivity contribution in [3.8, 4) is 0 Å². The second kappa shape index (κ2) is 2.83. The van der Waals surface area contributed by atoms with Crippen LogP contribution in [0.25, 0.3) is 0 Å². The predicted octanol–water partition coefficient (Wildman–Crippen LogP) is -2.14. The normalized spacial score (nSPS) is 31.2. The summed E-state index contributed by atoms with van der Waals surface area (Å²) in [5.74, 6) is -1.51. The smallest absolute Gasteiger partial charge is 0.249 e. The maximum atomic E-state index is 12.3. The summed E-state index contributed by atoms with van der Waals surface area (Å²) in [6.45, 7) is -0.0840. The molecule has 11 heavy (non-hydrogen) atoms. The molecule has 0 aliphatic carbocycles. The number of carbonyl (C=O) groups is 2. The van der Waals surface area contributed by atoms with Gasteiger partial charge in [0.1, 0.15) is 0 Å². The van der Waals surface area contributed by atoms with Crippen molar-refractivity contribution in [1.82, 2.24) is 10.6 Å². The van der Waals surface area contributed by atoms with Gasteiger partial charge < -0.3 is 11.1 Å². The van der Waals surface area contributed by atoms with Gasteiger partial charge in [-0.2, -0.15) is 0 Å². The molecule has 1 rings (SSSR count). The van der Waals surface area contributed by atoms with E-state index in [4.69, 9.17) is 5.73 Å². The summed E-state index contributed by atoms with van der Waals surface area (Å²) in [6, 6.07) is -1.10. The van der Waals surface area contributed by atoms with Gasteiger partial charge in [0.25, 0.3) is 0 Å². The SMILES string of the molecule is NC(=O)C1NCC(F)NC1=O. The molecule has 0 aromatic rings. The van der Waals surface area contributed by atoms with Crippen LogP contribution in [0.15, 0.2) is 0 Å². The lowest BCUT2D eigenvalue weighted by Crippen LogP contribution is -2.61. The van der Waals surface area contributed by atoms with Gasteiger partial charge in [0.05, 0.1) is 0 Å². The highest BCUT2D eigenvalue weighted by Crippen LogP contribution is 1.94. The van der Waals surface area contributed by atoms with E-state index in [9.17, 15) is 14.0 Å². The van der Waals surface area contributed by atoms with E-state index < -0.39 is 24.2 Å². The van der Waals surface area contributed by atoms with Crippen molar-refractivity contribution < 1.29 is 14.0 Å². The standard InChI is InChI=1S/C5H8FN3O2/c6-2-1-8-3(4(7)10)5(11)9-2/h2-3,8H,1H2,(H2,7,10)(H,9,11). The Balaban J connectivity index is 2.58. The monoisotopic (exact) mass is 161 g/mol. The highest BCUT2D eigenvalue weighted by Gasteiger charge is 2.30. The maximum absolute atomic E-state index is 12.3. The Kier molecular flexibility index (Phi) is 2.04. The summed E-state index contributed by atoms with van der Waals surface area (Å²) in [4.78, 5) is 21.2. The molecule has 1 saturated heterocycles. The third-order valence-corrected chi connectivity index (χ3v) is 1.35. The molecule has 1 aliphatic heterocycles. The van der Waals surface area contributed by atoms with Crippen LogP contribution < -0.4 is 16.4 Å². The molecule has 6 heteroatoms. The van der Waals surface area contributed by atoms with Gasteiger partial charge >= 0.3 is 0 Å². The van der Waals surface area contributed by atoms with Gasteiger partial charge in [0.2, 0.25) is 11.8 Å². The van der Waals surface area contributed by atoms with E-state index in [0.717, 1.165) is 0 Å². The third kappa shape index (κ3) is 1.64. The quantitative estimate of drug-likeness (QED) is 0.303. The first kappa shape index (κ1) is 7.93. The molecule has 2 amide bonds. The summed E-state index contributed by atoms with van der Waals surface area (Å²) in [5.41, 5.74) is 4.82. The molecule has 0 radical (unpaired) electrons. The number of hydrogen-bond acceptors (Lipinski definition) is 3. The predicted molar refractivity (Wildman–Crippen MR) is 34.0 cm³/mol. The molecule has 0 aromatic heterocycles. The van der Waals surface area contributed by atoms with E-state index in [1.54, 1.807) is 0 Å². The molecule has 1 aliphatic rings. The molecule has 4 N–H and O–H groups in total. The number of halogens is 1. The van der Waals surface area contributed by atoms with Gasteiger partial charge in [-0.15, -0.1) is 0 Å². The minimum absolute atomic E-state index is 0.0840. The molecule has 0 bridgehead atoms. The Labute approximate surface area is 62.1 Å². The Bertz CT molecular complexity index is 196. The largest absolute Gasteiger partial charge is 0.368 e. The zero-order valence-corrected chi connectivity index (χ0v) is 5.63. The molecular formula is C5H8FN3O2. The van der Waals surface area contributed by atoms with Crippen LogP contribution in [0.4, 0.5) is 4.39 Å². The van der Waals surface area contributed by atoms with Gasteiger partial charge in [0, 0.05) is 6.54 Å². The van der Waals surface area contributed by atoms with Crippen molar-refractivity contribution in [3.05, 3.63) is 0 Å². The number of piperazine rings is 1. The molecule has 0 spiro atoms. The van der Waals surface area contributed by atoms with Crippen molar-refractivity contribution in [1.29, 1.82) is 0 Å². The first-order valence-corrected chi connectivity index (χ1v) is 3.08. The number of rotatable bonds is 1. The van der Waals surface area contributed by atoms with Crippen LogP contribution in [0.2, 0.25) is 0 Å². The van der Waals surface area contributed by atoms with Crippen molar-refractivity contribution in [3.63, 3.8) is 0 Å². The number of nitrogens with two attached hydrogens (primary N) is 1. The third-order valence-electron chi connectivity index (χ3n) is 1.35. The number of hydrogen-bond donors (Lipinski definition) is 3. The second-order valence-electron chi connectivity index (χ2n) is 2.22. The fraction of sp³-hybridized carbons (Fsp3) is 0.600. The Hall–Kier alpha value is -1.17. The molecular weight excluding hydrogens is 153 g/mol. The lowest BCUT2D eigenvalue weighted by molar-refractivity contribution is -0.133. The van der Waals surface area contributed by atoms with E-state index in [1.165, 1.54) is 0 Å². The number of amides is 2. The zero-order chi connectivity index (χ0) is 8.43. The Morgan fingerprint density at radius 1 is 1.73 bits per heavy atom. The van der Waals surface area contributed by atoms with E-state index in [2.05, 4.69) is 5.32 Å². The summed E-state index contributed by atoms with van der Waals surface area (Å²) in [6.07, 6.45) is -1.43. The lowest BCUT2D eigenvalue weighted by atomic mass is 10.2. The molecule has 5 nitrogen and oxygen atoms in total. The lowest BCUT2D eigenvalue weighted by Gasteiger charge is -2.23. The summed E-state index contributed by atoms with van der Waals surface area (Å²) < 4.78 is 12.3. The fourth-order valence-corrected chi connectivity index (χ4v) is 0.833. The van der Waals surface area contributed by atoms with Crippen LogP contribution in [-0.2, 0) is 9.59 Å². The van der Waals surface area contributed by atoms with Gasteiger partial charge in [0.15, 0.2) is 12.3 Å². The number of carbonyl (C=O) groups excluding carboxylic acids is 2. The Morgan fingerprint density at radius 2 is 2.36 bits per heavy atom. The van der Waals surface area contributed by atoms with E-state index in [-0.39, 0.29) is 6.54 Å². The van der Waals surface area contributed by atoms with Crippen LogP contribution in [0.5, 0.6) is 0 Å². The summed E-state index contributed by atoms with van der Waals surface area (Å²) in [5, 5.41) is 4.30. The number of primary amides is 1. The molecule has 62 valence electrons. The second-order valence-corrected chi connectivity index (χ2v) is 2.22. The molecule has 2 atom stereocenters. The van der Waals surface area contributed by atoms with Gasteiger partial charge in [-0.25, -0.2) is 4.39 Å². The van der Waals surface area contributed by atoms with Gasteiger partial charge in [-0.1, -0.05) is 0 Å². The highest BCUT2D eigenvalue weighted by molar-refractivity contribution is 6.04. The number of nitrogens with one attached hydrogen (secondary N) is 2. The topological polar surface area (TPSA) is 84.2 Å². The van der Waals surface area contributed by atoms with Gasteiger partial charge in [-0.05, 0) is 0 Å². The molecule has 0 saturated carbocycles. The average molecular weight is 161 g/mol. The van der Waals surface area contributed by atoms with Crippen LogP contribution in [0.1, 0.15) is 0 Å². The van der Waals surface area contributed by atoms with Gasteiger partial charge in [-0.3, -0.25) is 14.9 Å². The van der Waals surface area contributed by atoms with E-state index >= 15 is 0 Å². The van der Waals surface area contributed by atoms with Crippen LogP contribution in [0, 0.1) is 0 Å². The minimum atomic E-state index is -1.43. The minimum Gasteiger partial charge on any atom is -0.368 e. The van der Waals surface area contributed by atoms with Crippen molar-refractivity contribution >= 4 is 11.8 Å². The van der Waals surface area contributed by atoms with Crippen molar-refractivity contribution in [2.24, 2.45) is 5.73 Å². The molecule has 1 heterocycles. The fourth-order valence-electron chi connectivity index (χ4n) is 0.833. The van der Waals surface area contributed by atoms with Crippen LogP contribution in [-0.4, -0.2) is 30.7 Å². The van der Waals surface area contributed by atoms with Crippen molar-refractivity contribution in [2.75, 3.05) is 6.54 Å². The van der Waals surface area contributed by atoms with Crippen molar-refractivity contribution in [2.45, 2.75) is 12.3 Å². The molecule has 0 aromatic carbocycles. The highest BCUT2D eigenvalue weighted by atomic mass is 19.1. The molecule has 1 fully saturated rings. The van der Waals surface area contributed by atoms with Crippen LogP contribution in [0.3, 0.4) is 0 Å². The first-order chi connectivity index (χ1) is 5.11. The van der Waals surface area contributed by atoms with Crippen LogP contribution >= 0.6 is 0 Å². The molecule has 2 unspecified atom stereocenters. The maximum Gasteiger partial charge on any atom is 0.249 e. The first-order valence-electron chi connectivity index (χ1n) is 3.08. The summed E-state index contributed by atoms with van der Waals surface area (Å²) >= 11 is 0. The average Bonchev–Trinajstić information content (AvgIpc) is 1.85. The van der Waals surface area contributed by atoms with E-state index in [0.29, 0.717) is 0 Å². The Morgan fingerprint density at radius 3 is 2.82 bits per heavy atom. The van der Waals surface area contributed by atoms with E-state index in [1.807, 2.05) is 5.32 Å².